The van der Waals surface area contributed by atoms with Crippen molar-refractivity contribution in [3.05, 3.63) is 47.9 Å². The van der Waals surface area contributed by atoms with Crippen LogP contribution >= 0.6 is 12.2 Å². The molecule has 0 saturated heterocycles. The normalized spacial score (nSPS) is 10.4. The van der Waals surface area contributed by atoms with Crippen LogP contribution in [0.2, 0.25) is 0 Å². The second kappa shape index (κ2) is 8.33. The average molecular weight is 342 g/mol. The van der Waals surface area contributed by atoms with Crippen LogP contribution in [0.25, 0.3) is 0 Å². The third-order valence-corrected chi connectivity index (χ3v) is 3.19. The van der Waals surface area contributed by atoms with Crippen molar-refractivity contribution in [1.82, 2.24) is 10.6 Å². The SMILES string of the molecule is COc1cc(CNC(=S)NCc2ccco2)ccc1OC(F)F. The predicted molar refractivity (Wildman–Crippen MR) is 84.6 cm³/mol. The molecule has 8 heteroatoms. The lowest BCUT2D eigenvalue weighted by Gasteiger charge is -2.13. The highest BCUT2D eigenvalue weighted by Crippen LogP contribution is 2.29. The summed E-state index contributed by atoms with van der Waals surface area (Å²) >= 11 is 5.15. The maximum Gasteiger partial charge on any atom is 0.387 e. The summed E-state index contributed by atoms with van der Waals surface area (Å²) < 4.78 is 39.1. The molecule has 124 valence electrons. The molecular formula is C15H16F2N2O3S. The van der Waals surface area contributed by atoms with Gasteiger partial charge in [0.05, 0.1) is 19.9 Å². The number of halogens is 2. The Bertz CT molecular complexity index is 636. The summed E-state index contributed by atoms with van der Waals surface area (Å²) in [6, 6.07) is 8.33. The van der Waals surface area contributed by atoms with E-state index in [1.165, 1.54) is 13.2 Å². The molecule has 1 aromatic heterocycles. The van der Waals surface area contributed by atoms with Crippen molar-refractivity contribution in [3.8, 4) is 11.5 Å². The van der Waals surface area contributed by atoms with Crippen molar-refractivity contribution in [2.24, 2.45) is 0 Å². The summed E-state index contributed by atoms with van der Waals surface area (Å²) in [4.78, 5) is 0. The molecule has 2 rings (SSSR count). The number of ether oxygens (including phenoxy) is 2. The summed E-state index contributed by atoms with van der Waals surface area (Å²) in [5.41, 5.74) is 0.811. The molecule has 0 saturated carbocycles. The highest BCUT2D eigenvalue weighted by molar-refractivity contribution is 7.80. The smallest absolute Gasteiger partial charge is 0.387 e. The third-order valence-electron chi connectivity index (χ3n) is 2.90. The first-order valence-electron chi connectivity index (χ1n) is 6.74. The van der Waals surface area contributed by atoms with E-state index in [2.05, 4.69) is 15.4 Å². The Balaban J connectivity index is 1.86. The molecule has 0 aliphatic rings. The average Bonchev–Trinajstić information content (AvgIpc) is 3.04. The summed E-state index contributed by atoms with van der Waals surface area (Å²) in [6.45, 7) is -2.01. The molecule has 0 radical (unpaired) electrons. The van der Waals surface area contributed by atoms with E-state index < -0.39 is 6.61 Å². The summed E-state index contributed by atoms with van der Waals surface area (Å²) in [7, 11) is 1.39. The van der Waals surface area contributed by atoms with Gasteiger partial charge in [0.2, 0.25) is 0 Å². The number of thiocarbonyl (C=S) groups is 1. The van der Waals surface area contributed by atoms with E-state index in [0.29, 0.717) is 18.2 Å². The first-order chi connectivity index (χ1) is 11.1. The topological polar surface area (TPSA) is 55.7 Å². The van der Waals surface area contributed by atoms with Crippen LogP contribution in [0.15, 0.2) is 41.0 Å². The second-order valence-electron chi connectivity index (χ2n) is 4.48. The van der Waals surface area contributed by atoms with Crippen LogP contribution in [0.1, 0.15) is 11.3 Å². The molecule has 0 fully saturated rings. The van der Waals surface area contributed by atoms with Crippen LogP contribution in [0, 0.1) is 0 Å². The number of furan rings is 1. The molecule has 0 unspecified atom stereocenters. The van der Waals surface area contributed by atoms with Gasteiger partial charge >= 0.3 is 6.61 Å². The monoisotopic (exact) mass is 342 g/mol. The lowest BCUT2D eigenvalue weighted by Crippen LogP contribution is -2.34. The van der Waals surface area contributed by atoms with Gasteiger partial charge in [-0.05, 0) is 42.0 Å². The molecule has 23 heavy (non-hydrogen) atoms. The van der Waals surface area contributed by atoms with Crippen LogP contribution in [-0.4, -0.2) is 18.8 Å². The molecular weight excluding hydrogens is 326 g/mol. The summed E-state index contributed by atoms with van der Waals surface area (Å²) in [5.74, 6) is 0.994. The molecule has 0 aliphatic heterocycles. The quantitative estimate of drug-likeness (QED) is 0.755. The van der Waals surface area contributed by atoms with E-state index in [9.17, 15) is 8.78 Å². The van der Waals surface area contributed by atoms with Gasteiger partial charge in [-0.1, -0.05) is 6.07 Å². The fourth-order valence-corrected chi connectivity index (χ4v) is 1.99. The zero-order chi connectivity index (χ0) is 16.7. The Morgan fingerprint density at radius 1 is 1.22 bits per heavy atom. The van der Waals surface area contributed by atoms with Gasteiger partial charge in [0.15, 0.2) is 16.6 Å². The van der Waals surface area contributed by atoms with Crippen molar-refractivity contribution in [2.75, 3.05) is 7.11 Å². The van der Waals surface area contributed by atoms with Crippen LogP contribution in [-0.2, 0) is 13.1 Å². The van der Waals surface area contributed by atoms with Gasteiger partial charge in [0, 0.05) is 6.54 Å². The number of hydrogen-bond donors (Lipinski definition) is 2. The van der Waals surface area contributed by atoms with Crippen molar-refractivity contribution >= 4 is 17.3 Å². The Morgan fingerprint density at radius 2 is 2.00 bits per heavy atom. The molecule has 0 aliphatic carbocycles. The summed E-state index contributed by atoms with van der Waals surface area (Å²) in [5, 5.41) is 6.45. The lowest BCUT2D eigenvalue weighted by molar-refractivity contribution is -0.0512. The number of alkyl halides is 2. The number of rotatable bonds is 7. The third kappa shape index (κ3) is 5.41. The Labute approximate surface area is 137 Å². The molecule has 1 heterocycles. The molecule has 2 N–H and O–H groups in total. The summed E-state index contributed by atoms with van der Waals surface area (Å²) in [6.07, 6.45) is 1.59. The minimum Gasteiger partial charge on any atom is -0.493 e. The minimum atomic E-state index is -2.90. The molecule has 2 aromatic rings. The number of hydrogen-bond acceptors (Lipinski definition) is 4. The fourth-order valence-electron chi connectivity index (χ4n) is 1.84. The Kier molecular flexibility index (Phi) is 6.16. The van der Waals surface area contributed by atoms with Gasteiger partial charge in [-0.25, -0.2) is 0 Å². The number of benzene rings is 1. The number of methoxy groups -OCH3 is 1. The van der Waals surface area contributed by atoms with Gasteiger partial charge in [-0.2, -0.15) is 8.78 Å². The van der Waals surface area contributed by atoms with Crippen molar-refractivity contribution in [1.29, 1.82) is 0 Å². The molecule has 5 nitrogen and oxygen atoms in total. The zero-order valence-corrected chi connectivity index (χ0v) is 13.2. The van der Waals surface area contributed by atoms with Crippen molar-refractivity contribution in [3.63, 3.8) is 0 Å². The Morgan fingerprint density at radius 3 is 2.65 bits per heavy atom. The predicted octanol–water partition coefficient (Wildman–Crippen LogP) is 3.05. The van der Waals surface area contributed by atoms with E-state index in [0.717, 1.165) is 11.3 Å². The molecule has 0 atom stereocenters. The van der Waals surface area contributed by atoms with Gasteiger partial charge < -0.3 is 24.5 Å². The van der Waals surface area contributed by atoms with E-state index in [-0.39, 0.29) is 11.5 Å². The van der Waals surface area contributed by atoms with Gasteiger partial charge in [0.1, 0.15) is 5.76 Å². The first-order valence-corrected chi connectivity index (χ1v) is 7.15. The Hall–Kier alpha value is -2.35. The van der Waals surface area contributed by atoms with Crippen LogP contribution in [0.3, 0.4) is 0 Å². The molecule has 0 amide bonds. The molecule has 0 spiro atoms. The zero-order valence-electron chi connectivity index (χ0n) is 12.3. The number of nitrogens with one attached hydrogen (secondary N) is 2. The maximum absolute atomic E-state index is 12.3. The molecule has 0 bridgehead atoms. The fraction of sp³-hybridized carbons (Fsp3) is 0.267. The van der Waals surface area contributed by atoms with E-state index in [1.807, 2.05) is 6.07 Å². The highest BCUT2D eigenvalue weighted by atomic mass is 32.1. The van der Waals surface area contributed by atoms with Crippen LogP contribution < -0.4 is 20.1 Å². The van der Waals surface area contributed by atoms with Crippen LogP contribution in [0.5, 0.6) is 11.5 Å². The highest BCUT2D eigenvalue weighted by Gasteiger charge is 2.11. The standard InChI is InChI=1S/C15H16F2N2O3S/c1-20-13-7-10(4-5-12(13)22-14(16)17)8-18-15(23)19-9-11-3-2-6-21-11/h2-7,14H,8-9H2,1H3,(H2,18,19,23). The van der Waals surface area contributed by atoms with Gasteiger partial charge in [0.25, 0.3) is 0 Å². The van der Waals surface area contributed by atoms with Gasteiger partial charge in [-0.15, -0.1) is 0 Å². The van der Waals surface area contributed by atoms with E-state index in [4.69, 9.17) is 21.4 Å². The lowest BCUT2D eigenvalue weighted by atomic mass is 10.2. The molecule has 1 aromatic carbocycles. The second-order valence-corrected chi connectivity index (χ2v) is 4.89. The van der Waals surface area contributed by atoms with Crippen molar-refractivity contribution < 1.29 is 22.7 Å². The van der Waals surface area contributed by atoms with Crippen molar-refractivity contribution in [2.45, 2.75) is 19.7 Å². The van der Waals surface area contributed by atoms with E-state index in [1.54, 1.807) is 24.5 Å². The first kappa shape index (κ1) is 17.0. The van der Waals surface area contributed by atoms with Crippen LogP contribution in [0.4, 0.5) is 8.78 Å². The van der Waals surface area contributed by atoms with Gasteiger partial charge in [-0.3, -0.25) is 0 Å². The maximum atomic E-state index is 12.3. The minimum absolute atomic E-state index is 0.00947. The largest absolute Gasteiger partial charge is 0.493 e. The van der Waals surface area contributed by atoms with E-state index >= 15 is 0 Å².